The van der Waals surface area contributed by atoms with E-state index in [9.17, 15) is 0 Å². The molecule has 0 atom stereocenters. The molecule has 0 amide bonds. The Kier molecular flexibility index (Phi) is 5.18. The number of nitrogens with two attached hydrogens (primary N) is 1. The fourth-order valence-electron chi connectivity index (χ4n) is 0.525. The third-order valence-corrected chi connectivity index (χ3v) is 1.28. The molecule has 0 saturated heterocycles. The van der Waals surface area contributed by atoms with Gasteiger partial charge in [0.2, 0.25) is 0 Å². The lowest BCUT2D eigenvalue weighted by Gasteiger charge is -2.04. The van der Waals surface area contributed by atoms with Gasteiger partial charge in [-0.15, -0.1) is 0 Å². The molecule has 0 aromatic rings. The number of rotatable bonds is 4. The summed E-state index contributed by atoms with van der Waals surface area (Å²) in [5.74, 6) is 0.211. The molecule has 4 nitrogen and oxygen atoms in total. The van der Waals surface area contributed by atoms with Crippen LogP contribution in [0.1, 0.15) is 6.92 Å². The average Bonchev–Trinajstić information content (AvgIpc) is 2.01. The maximum atomic E-state index is 7.05. The average molecular weight is 221 g/mol. The number of hydrogen-bond acceptors (Lipinski definition) is 4. The van der Waals surface area contributed by atoms with Gasteiger partial charge in [-0.2, -0.15) is 0 Å². The van der Waals surface area contributed by atoms with Crippen LogP contribution in [-0.4, -0.2) is 10.3 Å². The third-order valence-electron chi connectivity index (χ3n) is 0.996. The number of hydrogen-bond donors (Lipinski definition) is 3. The molecular formula is C7H10Cl2N4. The highest BCUT2D eigenvalue weighted by Crippen LogP contribution is 2.03. The monoisotopic (exact) mass is 220 g/mol. The number of nitrogens with one attached hydrogen (secondary N) is 2. The Morgan fingerprint density at radius 2 is 2.15 bits per heavy atom. The Labute approximate surface area is 86.6 Å². The first kappa shape index (κ1) is 12.0. The van der Waals surface area contributed by atoms with Gasteiger partial charge in [0, 0.05) is 0 Å². The van der Waals surface area contributed by atoms with E-state index in [4.69, 9.17) is 34.3 Å². The van der Waals surface area contributed by atoms with Crippen LogP contribution in [0.25, 0.3) is 0 Å². The van der Waals surface area contributed by atoms with Crippen molar-refractivity contribution in [3.05, 3.63) is 24.3 Å². The molecule has 72 valence electrons. The van der Waals surface area contributed by atoms with E-state index in [1.807, 2.05) is 0 Å². The molecule has 0 heterocycles. The summed E-state index contributed by atoms with van der Waals surface area (Å²) in [6, 6.07) is 0. The minimum atomic E-state index is -0.300. The summed E-state index contributed by atoms with van der Waals surface area (Å²) >= 11 is 10.9. The number of nitrogens with zero attached hydrogens (tertiary/aromatic N) is 1. The Balaban J connectivity index is 4.99. The Morgan fingerprint density at radius 1 is 1.62 bits per heavy atom. The molecule has 0 saturated carbocycles. The van der Waals surface area contributed by atoms with Crippen molar-refractivity contribution in [2.75, 3.05) is 0 Å². The van der Waals surface area contributed by atoms with Gasteiger partial charge in [0.15, 0.2) is 5.82 Å². The van der Waals surface area contributed by atoms with Gasteiger partial charge in [-0.3, -0.25) is 5.41 Å². The number of allylic oxidation sites excluding steroid dienone is 1. The van der Waals surface area contributed by atoms with Crippen LogP contribution >= 0.6 is 23.2 Å². The van der Waals surface area contributed by atoms with Crippen LogP contribution in [0.4, 0.5) is 0 Å². The van der Waals surface area contributed by atoms with Gasteiger partial charge >= 0.3 is 0 Å². The van der Waals surface area contributed by atoms with Gasteiger partial charge < -0.3 is 11.1 Å². The zero-order valence-corrected chi connectivity index (χ0v) is 8.58. The Bertz CT molecular complexity index is 276. The highest BCUT2D eigenvalue weighted by Gasteiger charge is 2.04. The van der Waals surface area contributed by atoms with Gasteiger partial charge in [0.05, 0.1) is 0 Å². The van der Waals surface area contributed by atoms with Crippen LogP contribution in [0.15, 0.2) is 29.3 Å². The molecule has 0 aromatic carbocycles. The van der Waals surface area contributed by atoms with Gasteiger partial charge in [-0.1, -0.05) is 29.8 Å². The van der Waals surface area contributed by atoms with E-state index in [1.54, 1.807) is 6.92 Å². The van der Waals surface area contributed by atoms with E-state index in [0.29, 0.717) is 0 Å². The van der Waals surface area contributed by atoms with Crippen LogP contribution in [-0.2, 0) is 0 Å². The normalized spacial score (nSPS) is 13.3. The van der Waals surface area contributed by atoms with Crippen molar-refractivity contribution in [3.8, 4) is 0 Å². The SMILES string of the molecule is C=CNC(/N=C(\C)Cl)=C(\N)C(=N)Cl. The minimum Gasteiger partial charge on any atom is -0.393 e. The first-order valence-corrected chi connectivity index (χ1v) is 4.07. The van der Waals surface area contributed by atoms with Crippen molar-refractivity contribution >= 4 is 33.5 Å². The predicted molar refractivity (Wildman–Crippen MR) is 57.1 cm³/mol. The topological polar surface area (TPSA) is 74.3 Å². The molecule has 0 aliphatic carbocycles. The van der Waals surface area contributed by atoms with Gasteiger partial charge in [-0.05, 0) is 13.1 Å². The molecule has 0 aliphatic rings. The molecule has 0 aliphatic heterocycles. The van der Waals surface area contributed by atoms with Gasteiger partial charge in [-0.25, -0.2) is 4.99 Å². The second kappa shape index (κ2) is 5.61. The molecule has 0 unspecified atom stereocenters. The first-order valence-electron chi connectivity index (χ1n) is 3.31. The summed E-state index contributed by atoms with van der Waals surface area (Å²) in [6.45, 7) is 5.00. The zero-order chi connectivity index (χ0) is 10.4. The lowest BCUT2D eigenvalue weighted by atomic mass is 10.4. The number of halogens is 2. The Morgan fingerprint density at radius 3 is 2.46 bits per heavy atom. The molecular weight excluding hydrogens is 211 g/mol. The van der Waals surface area contributed by atoms with Crippen molar-refractivity contribution in [2.45, 2.75) is 6.92 Å². The predicted octanol–water partition coefficient (Wildman–Crippen LogP) is 1.72. The van der Waals surface area contributed by atoms with Crippen molar-refractivity contribution in [2.24, 2.45) is 10.7 Å². The maximum absolute atomic E-state index is 7.05. The molecule has 0 radical (unpaired) electrons. The molecule has 4 N–H and O–H groups in total. The van der Waals surface area contributed by atoms with E-state index in [-0.39, 0.29) is 21.9 Å². The fraction of sp³-hybridized carbons (Fsp3) is 0.143. The fourth-order valence-corrected chi connectivity index (χ4v) is 0.699. The highest BCUT2D eigenvalue weighted by atomic mass is 35.5. The second-order valence-electron chi connectivity index (χ2n) is 2.03. The number of aliphatic imine (C=N–C) groups is 1. The van der Waals surface area contributed by atoms with Crippen LogP contribution in [0.3, 0.4) is 0 Å². The second-order valence-corrected chi connectivity index (χ2v) is 2.96. The molecule has 0 bridgehead atoms. The summed E-state index contributed by atoms with van der Waals surface area (Å²) in [6.07, 6.45) is 1.37. The summed E-state index contributed by atoms with van der Waals surface area (Å²) in [4.78, 5) is 3.82. The first-order chi connectivity index (χ1) is 5.99. The van der Waals surface area contributed by atoms with Crippen LogP contribution in [0, 0.1) is 5.41 Å². The van der Waals surface area contributed by atoms with Crippen LogP contribution in [0.5, 0.6) is 0 Å². The standard InChI is InChI=1S/C7H10Cl2N4/c1-3-12-7(13-4(2)8)5(10)6(9)11/h3,11-12H,1,10H2,2H3/b7-5+,11-6?,13-4+. The molecule has 6 heteroatoms. The Hall–Kier alpha value is -1.00. The molecule has 0 fully saturated rings. The van der Waals surface area contributed by atoms with E-state index in [0.717, 1.165) is 0 Å². The molecule has 0 aromatic heterocycles. The largest absolute Gasteiger partial charge is 0.393 e. The quantitative estimate of drug-likeness (QED) is 0.632. The summed E-state index contributed by atoms with van der Waals surface area (Å²) in [5, 5.41) is 9.65. The van der Waals surface area contributed by atoms with E-state index in [2.05, 4.69) is 16.9 Å². The molecule has 0 spiro atoms. The maximum Gasteiger partial charge on any atom is 0.157 e. The van der Waals surface area contributed by atoms with Crippen molar-refractivity contribution in [1.29, 1.82) is 5.41 Å². The van der Waals surface area contributed by atoms with E-state index >= 15 is 0 Å². The van der Waals surface area contributed by atoms with Gasteiger partial charge in [0.1, 0.15) is 16.0 Å². The van der Waals surface area contributed by atoms with Gasteiger partial charge in [0.25, 0.3) is 0 Å². The lowest BCUT2D eigenvalue weighted by molar-refractivity contribution is 1.01. The molecule has 13 heavy (non-hydrogen) atoms. The summed E-state index contributed by atoms with van der Waals surface area (Å²) in [5.41, 5.74) is 5.46. The zero-order valence-electron chi connectivity index (χ0n) is 7.06. The molecule has 0 rings (SSSR count). The van der Waals surface area contributed by atoms with E-state index < -0.39 is 0 Å². The van der Waals surface area contributed by atoms with Crippen LogP contribution < -0.4 is 11.1 Å². The van der Waals surface area contributed by atoms with Crippen molar-refractivity contribution < 1.29 is 0 Å². The van der Waals surface area contributed by atoms with Crippen molar-refractivity contribution in [1.82, 2.24) is 5.32 Å². The smallest absolute Gasteiger partial charge is 0.157 e. The summed E-state index contributed by atoms with van der Waals surface area (Å²) < 4.78 is 0. The van der Waals surface area contributed by atoms with E-state index in [1.165, 1.54) is 6.20 Å². The lowest BCUT2D eigenvalue weighted by Crippen LogP contribution is -2.16. The highest BCUT2D eigenvalue weighted by molar-refractivity contribution is 6.68. The summed E-state index contributed by atoms with van der Waals surface area (Å²) in [7, 11) is 0. The van der Waals surface area contributed by atoms with Crippen molar-refractivity contribution in [3.63, 3.8) is 0 Å². The van der Waals surface area contributed by atoms with Crippen LogP contribution in [0.2, 0.25) is 0 Å². The minimum absolute atomic E-state index is 0.0153. The third kappa shape index (κ3) is 4.55.